The Morgan fingerprint density at radius 3 is 2.73 bits per heavy atom. The van der Waals surface area contributed by atoms with Crippen LogP contribution in [-0.2, 0) is 27.2 Å². The van der Waals surface area contributed by atoms with Gasteiger partial charge in [-0.25, -0.2) is 4.98 Å². The maximum atomic E-state index is 12.2. The normalized spacial score (nSPS) is 10.7. The first-order chi connectivity index (χ1) is 14.5. The molecule has 0 bridgehead atoms. The first-order valence-electron chi connectivity index (χ1n) is 10.00. The number of carbonyl (C=O) groups excluding carboxylic acids is 2. The number of aryl methyl sites for hydroxylation is 3. The monoisotopic (exact) mass is 407 g/mol. The molecule has 0 saturated heterocycles. The highest BCUT2D eigenvalue weighted by atomic mass is 16.5. The highest BCUT2D eigenvalue weighted by molar-refractivity contribution is 5.94. The minimum atomic E-state index is -0.464. The number of aromatic nitrogens is 2. The topological polar surface area (TPSA) is 101 Å². The highest BCUT2D eigenvalue weighted by Gasteiger charge is 2.12. The van der Waals surface area contributed by atoms with E-state index in [1.54, 1.807) is 18.2 Å². The van der Waals surface area contributed by atoms with Gasteiger partial charge in [0.1, 0.15) is 5.82 Å². The van der Waals surface area contributed by atoms with Gasteiger partial charge in [0.15, 0.2) is 6.61 Å². The average Bonchev–Trinajstić information content (AvgIpc) is 2.74. The molecule has 2 N–H and O–H groups in total. The zero-order chi connectivity index (χ0) is 21.5. The number of carbonyl (C=O) groups is 2. The van der Waals surface area contributed by atoms with Crippen LogP contribution in [0.3, 0.4) is 0 Å². The molecule has 1 aromatic heterocycles. The van der Waals surface area contributed by atoms with E-state index in [1.807, 2.05) is 38.1 Å². The summed E-state index contributed by atoms with van der Waals surface area (Å²) in [6.45, 7) is 3.61. The maximum absolute atomic E-state index is 12.2. The van der Waals surface area contributed by atoms with Gasteiger partial charge >= 0.3 is 5.97 Å². The van der Waals surface area contributed by atoms with Crippen LogP contribution in [0.1, 0.15) is 36.7 Å². The quantitative estimate of drug-likeness (QED) is 0.558. The van der Waals surface area contributed by atoms with Gasteiger partial charge in [0, 0.05) is 18.5 Å². The van der Waals surface area contributed by atoms with Gasteiger partial charge in [-0.3, -0.25) is 14.4 Å². The Hall–Kier alpha value is -3.48. The molecular formula is C23H25N3O4. The summed E-state index contributed by atoms with van der Waals surface area (Å²) in [5.74, 6) is -0.308. The molecule has 7 heteroatoms. The maximum Gasteiger partial charge on any atom is 0.306 e. The lowest BCUT2D eigenvalue weighted by molar-refractivity contribution is -0.147. The molecule has 156 valence electrons. The van der Waals surface area contributed by atoms with Crippen molar-refractivity contribution < 1.29 is 14.3 Å². The van der Waals surface area contributed by atoms with E-state index < -0.39 is 5.97 Å². The van der Waals surface area contributed by atoms with Crippen LogP contribution in [0.4, 0.5) is 5.69 Å². The van der Waals surface area contributed by atoms with Crippen molar-refractivity contribution in [2.24, 2.45) is 0 Å². The molecule has 1 amide bonds. The third-order valence-electron chi connectivity index (χ3n) is 4.83. The van der Waals surface area contributed by atoms with E-state index in [-0.39, 0.29) is 24.5 Å². The molecule has 7 nitrogen and oxygen atoms in total. The number of nitrogens with one attached hydrogen (secondary N) is 2. The fourth-order valence-corrected chi connectivity index (χ4v) is 3.25. The number of fused-ring (bicyclic) bond motifs is 1. The molecule has 0 spiro atoms. The van der Waals surface area contributed by atoms with Crippen LogP contribution < -0.4 is 10.9 Å². The van der Waals surface area contributed by atoms with Crippen molar-refractivity contribution in [3.05, 3.63) is 69.8 Å². The Morgan fingerprint density at radius 1 is 1.13 bits per heavy atom. The van der Waals surface area contributed by atoms with Crippen molar-refractivity contribution in [2.75, 3.05) is 11.9 Å². The molecule has 3 aromatic rings. The Labute approximate surface area is 174 Å². The van der Waals surface area contributed by atoms with Gasteiger partial charge in [-0.15, -0.1) is 0 Å². The lowest BCUT2D eigenvalue weighted by Gasteiger charge is -2.13. The summed E-state index contributed by atoms with van der Waals surface area (Å²) in [5.41, 5.74) is 3.19. The Morgan fingerprint density at radius 2 is 1.93 bits per heavy atom. The van der Waals surface area contributed by atoms with Crippen LogP contribution in [0.15, 0.2) is 47.3 Å². The minimum Gasteiger partial charge on any atom is -0.456 e. The van der Waals surface area contributed by atoms with Crippen LogP contribution in [0.5, 0.6) is 0 Å². The summed E-state index contributed by atoms with van der Waals surface area (Å²) in [5, 5.41) is 3.36. The second-order valence-electron chi connectivity index (χ2n) is 7.05. The summed E-state index contributed by atoms with van der Waals surface area (Å²) in [7, 11) is 0. The number of ether oxygens (including phenoxy) is 1. The largest absolute Gasteiger partial charge is 0.456 e. The number of hydrogen-bond donors (Lipinski definition) is 2. The van der Waals surface area contributed by atoms with E-state index in [4.69, 9.17) is 4.74 Å². The number of anilines is 1. The van der Waals surface area contributed by atoms with Gasteiger partial charge in [0.25, 0.3) is 11.5 Å². The Balaban J connectivity index is 1.46. The van der Waals surface area contributed by atoms with Gasteiger partial charge in [-0.1, -0.05) is 37.3 Å². The number of H-pyrrole nitrogens is 1. The lowest BCUT2D eigenvalue weighted by Crippen LogP contribution is -2.22. The number of rotatable bonds is 8. The Kier molecular flexibility index (Phi) is 6.95. The number of benzene rings is 2. The van der Waals surface area contributed by atoms with Gasteiger partial charge in [0.2, 0.25) is 0 Å². The van der Waals surface area contributed by atoms with E-state index in [9.17, 15) is 14.4 Å². The van der Waals surface area contributed by atoms with Gasteiger partial charge in [-0.05, 0) is 43.0 Å². The van der Waals surface area contributed by atoms with Crippen molar-refractivity contribution in [3.8, 4) is 0 Å². The minimum absolute atomic E-state index is 0.133. The van der Waals surface area contributed by atoms with Crippen molar-refractivity contribution in [1.29, 1.82) is 0 Å². The first kappa shape index (κ1) is 21.2. The number of nitrogens with zero attached hydrogens (tertiary/aromatic N) is 1. The highest BCUT2D eigenvalue weighted by Crippen LogP contribution is 2.20. The van der Waals surface area contributed by atoms with Crippen LogP contribution in [0.2, 0.25) is 0 Å². The second kappa shape index (κ2) is 9.82. The van der Waals surface area contributed by atoms with E-state index in [0.717, 1.165) is 23.2 Å². The van der Waals surface area contributed by atoms with E-state index in [0.29, 0.717) is 29.6 Å². The fraction of sp³-hybridized carbons (Fsp3) is 0.304. The second-order valence-corrected chi connectivity index (χ2v) is 7.05. The predicted molar refractivity (Wildman–Crippen MR) is 115 cm³/mol. The molecule has 0 aliphatic carbocycles. The third kappa shape index (κ3) is 5.31. The lowest BCUT2D eigenvalue weighted by atomic mass is 10.1. The molecular weight excluding hydrogens is 382 g/mol. The predicted octanol–water partition coefficient (Wildman–Crippen LogP) is 3.30. The number of amides is 1. The number of hydrogen-bond acceptors (Lipinski definition) is 5. The van der Waals surface area contributed by atoms with Gasteiger partial charge in [-0.2, -0.15) is 0 Å². The molecule has 0 atom stereocenters. The van der Waals surface area contributed by atoms with Crippen molar-refractivity contribution in [2.45, 2.75) is 39.5 Å². The summed E-state index contributed by atoms with van der Waals surface area (Å²) in [6, 6.07) is 12.9. The third-order valence-corrected chi connectivity index (χ3v) is 4.83. The van der Waals surface area contributed by atoms with Crippen molar-refractivity contribution >= 4 is 28.5 Å². The molecule has 0 unspecified atom stereocenters. The fourth-order valence-electron chi connectivity index (χ4n) is 3.25. The molecule has 0 radical (unpaired) electrons. The average molecular weight is 407 g/mol. The number of aromatic amines is 1. The summed E-state index contributed by atoms with van der Waals surface area (Å²) in [6.07, 6.45) is 1.82. The van der Waals surface area contributed by atoms with Crippen molar-refractivity contribution in [3.63, 3.8) is 0 Å². The zero-order valence-corrected chi connectivity index (χ0v) is 17.2. The molecule has 0 aliphatic heterocycles. The van der Waals surface area contributed by atoms with Crippen LogP contribution >= 0.6 is 0 Å². The van der Waals surface area contributed by atoms with Crippen LogP contribution in [-0.4, -0.2) is 28.5 Å². The Bertz CT molecular complexity index is 1120. The first-order valence-corrected chi connectivity index (χ1v) is 10.00. The smallest absolute Gasteiger partial charge is 0.306 e. The standard InChI is InChI=1S/C23H25N3O4/c1-3-16-9-6-8-15(2)22(16)26-20(27)14-30-21(28)13-7-12-19-24-18-11-5-4-10-17(18)23(29)25-19/h4-6,8-11H,3,7,12-14H2,1-2H3,(H,26,27)(H,24,25,29). The van der Waals surface area contributed by atoms with E-state index >= 15 is 0 Å². The molecule has 0 saturated carbocycles. The number of esters is 1. The molecule has 3 rings (SSSR count). The van der Waals surface area contributed by atoms with E-state index in [2.05, 4.69) is 15.3 Å². The molecule has 2 aromatic carbocycles. The van der Waals surface area contributed by atoms with E-state index in [1.165, 1.54) is 0 Å². The molecule has 1 heterocycles. The molecule has 30 heavy (non-hydrogen) atoms. The zero-order valence-electron chi connectivity index (χ0n) is 17.2. The van der Waals surface area contributed by atoms with Gasteiger partial charge < -0.3 is 15.0 Å². The van der Waals surface area contributed by atoms with Gasteiger partial charge in [0.05, 0.1) is 10.9 Å². The summed E-state index contributed by atoms with van der Waals surface area (Å²) < 4.78 is 5.08. The summed E-state index contributed by atoms with van der Waals surface area (Å²) in [4.78, 5) is 43.3. The number of para-hydroxylation sites is 2. The summed E-state index contributed by atoms with van der Waals surface area (Å²) >= 11 is 0. The molecule has 0 fully saturated rings. The SMILES string of the molecule is CCc1cccc(C)c1NC(=O)COC(=O)CCCc1nc2ccccc2c(=O)[nH]1. The van der Waals surface area contributed by atoms with Crippen molar-refractivity contribution in [1.82, 2.24) is 9.97 Å². The van der Waals surface area contributed by atoms with Crippen LogP contribution in [0, 0.1) is 6.92 Å². The molecule has 0 aliphatic rings. The van der Waals surface area contributed by atoms with Crippen LogP contribution in [0.25, 0.3) is 10.9 Å².